The van der Waals surface area contributed by atoms with Crippen molar-refractivity contribution in [3.05, 3.63) is 46.4 Å². The van der Waals surface area contributed by atoms with Gasteiger partial charge in [0, 0.05) is 23.2 Å². The molecule has 1 aromatic carbocycles. The Morgan fingerprint density at radius 1 is 1.25 bits per heavy atom. The molecule has 6 heteroatoms. The third-order valence-electron chi connectivity index (χ3n) is 6.47. The molecule has 4 atom stereocenters. The summed E-state index contributed by atoms with van der Waals surface area (Å²) in [5, 5.41) is 4.17. The van der Waals surface area contributed by atoms with Gasteiger partial charge in [0.2, 0.25) is 5.91 Å². The number of rotatable bonds is 3. The van der Waals surface area contributed by atoms with Crippen LogP contribution in [-0.4, -0.2) is 26.1 Å². The van der Waals surface area contributed by atoms with Gasteiger partial charge in [0.25, 0.3) is 5.56 Å². The monoisotopic (exact) mass is 380 g/mol. The van der Waals surface area contributed by atoms with E-state index in [0.29, 0.717) is 17.5 Å². The number of carbonyl (C=O) groups excluding carboxylic acids is 1. The Hall–Kier alpha value is -2.63. The molecular weight excluding hydrogens is 352 g/mol. The minimum Gasteiger partial charge on any atom is -0.351 e. The van der Waals surface area contributed by atoms with Gasteiger partial charge < -0.3 is 5.32 Å². The molecule has 0 bridgehead atoms. The molecule has 0 aliphatic heterocycles. The Labute approximate surface area is 164 Å². The first-order valence-electron chi connectivity index (χ1n) is 10.2. The molecule has 3 aromatic rings. The van der Waals surface area contributed by atoms with Crippen molar-refractivity contribution in [2.24, 2.45) is 11.8 Å². The van der Waals surface area contributed by atoms with Crippen LogP contribution < -0.4 is 10.9 Å². The van der Waals surface area contributed by atoms with E-state index in [1.807, 2.05) is 47.3 Å². The van der Waals surface area contributed by atoms with Gasteiger partial charge >= 0.3 is 0 Å². The van der Waals surface area contributed by atoms with E-state index >= 15 is 0 Å². The lowest BCUT2D eigenvalue weighted by Gasteiger charge is -2.35. The molecule has 0 unspecified atom stereocenters. The van der Waals surface area contributed by atoms with Crippen LogP contribution in [0.4, 0.5) is 0 Å². The number of nitrogens with one attached hydrogen (secondary N) is 1. The molecule has 0 radical (unpaired) electrons. The molecule has 2 aromatic heterocycles. The summed E-state index contributed by atoms with van der Waals surface area (Å²) in [6, 6.07) is 9.10. The van der Waals surface area contributed by atoms with Crippen LogP contribution in [0.3, 0.4) is 0 Å². The van der Waals surface area contributed by atoms with Crippen LogP contribution in [0.15, 0.2) is 35.1 Å². The summed E-state index contributed by atoms with van der Waals surface area (Å²) in [6.07, 6.45) is 3.42. The third-order valence-corrected chi connectivity index (χ3v) is 6.47. The molecule has 1 aliphatic carbocycles. The second-order valence-corrected chi connectivity index (χ2v) is 8.29. The topological polar surface area (TPSA) is 68.4 Å². The highest BCUT2D eigenvalue weighted by atomic mass is 16.2. The van der Waals surface area contributed by atoms with Gasteiger partial charge in [-0.15, -0.1) is 0 Å². The summed E-state index contributed by atoms with van der Waals surface area (Å²) >= 11 is 0. The Balaban J connectivity index is 1.77. The van der Waals surface area contributed by atoms with Crippen LogP contribution in [0, 0.1) is 18.8 Å². The van der Waals surface area contributed by atoms with E-state index < -0.39 is 6.04 Å². The fourth-order valence-corrected chi connectivity index (χ4v) is 4.59. The fourth-order valence-electron chi connectivity index (χ4n) is 4.59. The molecule has 1 N–H and O–H groups in total. The SMILES string of the molecule is Cc1cc(=O)nc2c3ccccc3n([C@H](C)C(=O)N[C@@H]3CCC[C@H](C)[C@H]3C)n12. The van der Waals surface area contributed by atoms with Crippen molar-refractivity contribution in [3.63, 3.8) is 0 Å². The number of fused-ring (bicyclic) bond motifs is 3. The van der Waals surface area contributed by atoms with Crippen LogP contribution in [0.2, 0.25) is 0 Å². The summed E-state index contributed by atoms with van der Waals surface area (Å²) in [5.74, 6) is 1.10. The highest BCUT2D eigenvalue weighted by Gasteiger charge is 2.30. The molecule has 1 fully saturated rings. The molecule has 28 heavy (non-hydrogen) atoms. The average molecular weight is 380 g/mol. The summed E-state index contributed by atoms with van der Waals surface area (Å²) < 4.78 is 3.85. The molecule has 2 heterocycles. The lowest BCUT2D eigenvalue weighted by atomic mass is 9.78. The van der Waals surface area contributed by atoms with Gasteiger partial charge in [-0.3, -0.25) is 14.3 Å². The van der Waals surface area contributed by atoms with Gasteiger partial charge in [0.15, 0.2) is 5.65 Å². The maximum absolute atomic E-state index is 13.2. The number of amides is 1. The van der Waals surface area contributed by atoms with E-state index in [4.69, 9.17) is 0 Å². The lowest BCUT2D eigenvalue weighted by Crippen LogP contribution is -2.46. The summed E-state index contributed by atoms with van der Waals surface area (Å²) in [5.41, 5.74) is 2.00. The highest BCUT2D eigenvalue weighted by Crippen LogP contribution is 2.30. The van der Waals surface area contributed by atoms with Crippen LogP contribution in [0.5, 0.6) is 0 Å². The predicted octanol–water partition coefficient (Wildman–Crippen LogP) is 3.46. The van der Waals surface area contributed by atoms with Crippen LogP contribution >= 0.6 is 0 Å². The molecule has 1 amide bonds. The highest BCUT2D eigenvalue weighted by molar-refractivity contribution is 5.94. The van der Waals surface area contributed by atoms with Crippen LogP contribution in [0.1, 0.15) is 51.8 Å². The number of nitrogens with zero attached hydrogens (tertiary/aromatic N) is 3. The Kier molecular flexibility index (Phi) is 4.73. The smallest absolute Gasteiger partial charge is 0.273 e. The van der Waals surface area contributed by atoms with Crippen molar-refractivity contribution >= 4 is 22.5 Å². The molecule has 1 saturated carbocycles. The van der Waals surface area contributed by atoms with Crippen LogP contribution in [0.25, 0.3) is 16.6 Å². The summed E-state index contributed by atoms with van der Waals surface area (Å²) in [7, 11) is 0. The van der Waals surface area contributed by atoms with Crippen LogP contribution in [-0.2, 0) is 4.79 Å². The van der Waals surface area contributed by atoms with Crippen molar-refractivity contribution in [3.8, 4) is 0 Å². The first-order valence-corrected chi connectivity index (χ1v) is 10.2. The number of carbonyl (C=O) groups is 1. The molecule has 148 valence electrons. The number of para-hydroxylation sites is 1. The molecule has 6 nitrogen and oxygen atoms in total. The van der Waals surface area contributed by atoms with Crippen molar-refractivity contribution in [2.45, 2.75) is 59.0 Å². The number of aromatic nitrogens is 3. The quantitative estimate of drug-likeness (QED) is 0.757. The first-order chi connectivity index (χ1) is 13.4. The molecule has 4 rings (SSSR count). The van der Waals surface area contributed by atoms with Gasteiger partial charge in [0.05, 0.1) is 5.52 Å². The van der Waals surface area contributed by atoms with E-state index in [1.54, 1.807) is 0 Å². The van der Waals surface area contributed by atoms with Gasteiger partial charge in [-0.25, -0.2) is 4.52 Å². The summed E-state index contributed by atoms with van der Waals surface area (Å²) in [6.45, 7) is 8.29. The average Bonchev–Trinajstić information content (AvgIpc) is 2.99. The zero-order valence-electron chi connectivity index (χ0n) is 17.0. The Bertz CT molecular complexity index is 1100. The van der Waals surface area contributed by atoms with Crippen molar-refractivity contribution in [2.75, 3.05) is 0 Å². The zero-order chi connectivity index (χ0) is 20.0. The van der Waals surface area contributed by atoms with Gasteiger partial charge in [-0.05, 0) is 44.2 Å². The van der Waals surface area contributed by atoms with Crippen molar-refractivity contribution in [1.29, 1.82) is 0 Å². The Morgan fingerprint density at radius 3 is 2.79 bits per heavy atom. The van der Waals surface area contributed by atoms with Gasteiger partial charge in [-0.2, -0.15) is 4.98 Å². The molecule has 1 aliphatic rings. The maximum atomic E-state index is 13.2. The van der Waals surface area contributed by atoms with Gasteiger partial charge in [0.1, 0.15) is 6.04 Å². The molecular formula is C22H28N4O2. The van der Waals surface area contributed by atoms with Crippen molar-refractivity contribution in [1.82, 2.24) is 19.5 Å². The van der Waals surface area contributed by atoms with E-state index in [2.05, 4.69) is 24.1 Å². The minimum absolute atomic E-state index is 0.00621. The maximum Gasteiger partial charge on any atom is 0.273 e. The van der Waals surface area contributed by atoms with Gasteiger partial charge in [-0.1, -0.05) is 38.8 Å². The zero-order valence-corrected chi connectivity index (χ0v) is 17.0. The minimum atomic E-state index is -0.421. The number of aryl methyl sites for hydroxylation is 1. The summed E-state index contributed by atoms with van der Waals surface area (Å²) in [4.78, 5) is 29.4. The number of hydrogen-bond donors (Lipinski definition) is 1. The number of hydrogen-bond acceptors (Lipinski definition) is 3. The standard InChI is InChI=1S/C22H28N4O2/c1-13-8-7-10-18(15(13)3)23-22(28)16(4)26-19-11-6-5-9-17(19)21-24-20(27)12-14(2)25(21)26/h5-6,9,11-13,15-16,18H,7-8,10H2,1-4H3,(H,23,28)/t13-,15+,16+,18+/m0/s1. The van der Waals surface area contributed by atoms with E-state index in [0.717, 1.165) is 29.4 Å². The third kappa shape index (κ3) is 3.01. The van der Waals surface area contributed by atoms with E-state index in [9.17, 15) is 9.59 Å². The lowest BCUT2D eigenvalue weighted by molar-refractivity contribution is -0.125. The van der Waals surface area contributed by atoms with Crippen molar-refractivity contribution < 1.29 is 4.79 Å². The second kappa shape index (κ2) is 7.08. The van der Waals surface area contributed by atoms with E-state index in [-0.39, 0.29) is 17.5 Å². The normalized spacial score (nSPS) is 23.8. The molecule has 0 spiro atoms. The molecule has 0 saturated heterocycles. The predicted molar refractivity (Wildman–Crippen MR) is 111 cm³/mol. The number of benzene rings is 1. The Morgan fingerprint density at radius 2 is 2.00 bits per heavy atom. The van der Waals surface area contributed by atoms with E-state index in [1.165, 1.54) is 12.5 Å². The largest absolute Gasteiger partial charge is 0.351 e. The second-order valence-electron chi connectivity index (χ2n) is 8.29. The fraction of sp³-hybridized carbons (Fsp3) is 0.500. The first kappa shape index (κ1) is 18.7.